The van der Waals surface area contributed by atoms with Gasteiger partial charge in [0.05, 0.1) is 5.92 Å². The van der Waals surface area contributed by atoms with Crippen molar-refractivity contribution in [2.45, 2.75) is 31.7 Å². The molecule has 20 heavy (non-hydrogen) atoms. The summed E-state index contributed by atoms with van der Waals surface area (Å²) in [6, 6.07) is 9.56. The molecule has 2 atom stereocenters. The van der Waals surface area contributed by atoms with Gasteiger partial charge in [-0.05, 0) is 30.9 Å². The third-order valence-corrected chi connectivity index (χ3v) is 3.60. The van der Waals surface area contributed by atoms with E-state index in [1.54, 1.807) is 6.08 Å². The van der Waals surface area contributed by atoms with Crippen molar-refractivity contribution in [3.63, 3.8) is 0 Å². The minimum absolute atomic E-state index is 0.0298. The first kappa shape index (κ1) is 14.3. The van der Waals surface area contributed by atoms with Gasteiger partial charge in [0, 0.05) is 12.1 Å². The maximum absolute atomic E-state index is 11.8. The number of carbonyl (C=O) groups is 2. The first-order chi connectivity index (χ1) is 9.65. The summed E-state index contributed by atoms with van der Waals surface area (Å²) in [4.78, 5) is 22.8. The van der Waals surface area contributed by atoms with Crippen molar-refractivity contribution in [3.8, 4) is 0 Å². The molecule has 1 aromatic carbocycles. The lowest BCUT2D eigenvalue weighted by molar-refractivity contribution is -0.143. The third kappa shape index (κ3) is 4.23. The van der Waals surface area contributed by atoms with E-state index in [0.29, 0.717) is 12.8 Å². The smallest absolute Gasteiger partial charge is 0.306 e. The van der Waals surface area contributed by atoms with E-state index in [-0.39, 0.29) is 17.9 Å². The van der Waals surface area contributed by atoms with Crippen LogP contribution in [0.5, 0.6) is 0 Å². The quantitative estimate of drug-likeness (QED) is 0.828. The van der Waals surface area contributed by atoms with Crippen molar-refractivity contribution in [2.75, 3.05) is 0 Å². The van der Waals surface area contributed by atoms with Crippen LogP contribution in [0.2, 0.25) is 0 Å². The second kappa shape index (κ2) is 6.89. The molecule has 0 spiro atoms. The lowest BCUT2D eigenvalue weighted by atomic mass is 9.86. The highest BCUT2D eigenvalue weighted by Gasteiger charge is 2.27. The van der Waals surface area contributed by atoms with Gasteiger partial charge < -0.3 is 10.4 Å². The summed E-state index contributed by atoms with van der Waals surface area (Å²) in [7, 11) is 0. The Balaban J connectivity index is 1.85. The van der Waals surface area contributed by atoms with Gasteiger partial charge in [-0.25, -0.2) is 0 Å². The molecule has 2 unspecified atom stereocenters. The fourth-order valence-electron chi connectivity index (χ4n) is 2.53. The van der Waals surface area contributed by atoms with Crippen molar-refractivity contribution < 1.29 is 14.7 Å². The van der Waals surface area contributed by atoms with E-state index in [2.05, 4.69) is 5.32 Å². The molecule has 0 bridgehead atoms. The molecule has 4 nitrogen and oxygen atoms in total. The Morgan fingerprint density at radius 3 is 2.65 bits per heavy atom. The van der Waals surface area contributed by atoms with E-state index in [1.165, 1.54) is 6.08 Å². The van der Waals surface area contributed by atoms with Crippen LogP contribution in [-0.2, 0) is 9.59 Å². The molecule has 0 radical (unpaired) electrons. The molecule has 0 aromatic heterocycles. The van der Waals surface area contributed by atoms with Gasteiger partial charge in [-0.2, -0.15) is 0 Å². The van der Waals surface area contributed by atoms with Crippen molar-refractivity contribution in [1.82, 2.24) is 5.32 Å². The summed E-state index contributed by atoms with van der Waals surface area (Å²) in [6.45, 7) is 0. The van der Waals surface area contributed by atoms with Crippen molar-refractivity contribution in [2.24, 2.45) is 5.92 Å². The number of rotatable bonds is 4. The lowest BCUT2D eigenvalue weighted by Crippen LogP contribution is -2.39. The van der Waals surface area contributed by atoms with Gasteiger partial charge in [-0.3, -0.25) is 9.59 Å². The predicted octanol–water partition coefficient (Wildman–Crippen LogP) is 2.46. The van der Waals surface area contributed by atoms with E-state index in [0.717, 1.165) is 18.4 Å². The molecule has 1 aliphatic rings. The van der Waals surface area contributed by atoms with Crippen LogP contribution in [0, 0.1) is 5.92 Å². The van der Waals surface area contributed by atoms with Gasteiger partial charge in [0.15, 0.2) is 0 Å². The molecule has 106 valence electrons. The summed E-state index contributed by atoms with van der Waals surface area (Å²) in [5.41, 5.74) is 0.967. The average Bonchev–Trinajstić information content (AvgIpc) is 2.46. The summed E-state index contributed by atoms with van der Waals surface area (Å²) in [5, 5.41) is 11.9. The van der Waals surface area contributed by atoms with Gasteiger partial charge >= 0.3 is 5.97 Å². The molecule has 1 aromatic rings. The van der Waals surface area contributed by atoms with Crippen LogP contribution in [-0.4, -0.2) is 23.0 Å². The highest BCUT2D eigenvalue weighted by molar-refractivity contribution is 5.91. The number of carbonyl (C=O) groups excluding carboxylic acids is 1. The summed E-state index contributed by atoms with van der Waals surface area (Å²) >= 11 is 0. The Morgan fingerprint density at radius 2 is 1.95 bits per heavy atom. The Labute approximate surface area is 118 Å². The van der Waals surface area contributed by atoms with Crippen LogP contribution in [0.3, 0.4) is 0 Å². The molecule has 2 rings (SSSR count). The lowest BCUT2D eigenvalue weighted by Gasteiger charge is -2.26. The fourth-order valence-corrected chi connectivity index (χ4v) is 2.53. The normalized spacial score (nSPS) is 22.6. The summed E-state index contributed by atoms with van der Waals surface area (Å²) in [5.74, 6) is -1.25. The van der Waals surface area contributed by atoms with Crippen LogP contribution in [0.25, 0.3) is 6.08 Å². The Morgan fingerprint density at radius 1 is 1.20 bits per heavy atom. The number of carboxylic acids is 1. The number of hydrogen-bond acceptors (Lipinski definition) is 2. The van der Waals surface area contributed by atoms with E-state index >= 15 is 0 Å². The fraction of sp³-hybridized carbons (Fsp3) is 0.375. The average molecular weight is 273 g/mol. The number of carboxylic acid groups (broad SMARTS) is 1. The van der Waals surface area contributed by atoms with E-state index in [1.807, 2.05) is 30.3 Å². The first-order valence-electron chi connectivity index (χ1n) is 6.91. The van der Waals surface area contributed by atoms with Gasteiger partial charge in [0.1, 0.15) is 0 Å². The van der Waals surface area contributed by atoms with Crippen LogP contribution in [0.4, 0.5) is 0 Å². The number of aliphatic carboxylic acids is 1. The van der Waals surface area contributed by atoms with Gasteiger partial charge in [0.2, 0.25) is 5.91 Å². The monoisotopic (exact) mass is 273 g/mol. The Bertz CT molecular complexity index is 496. The minimum atomic E-state index is -0.760. The predicted molar refractivity (Wildman–Crippen MR) is 77.0 cm³/mol. The number of amides is 1. The largest absolute Gasteiger partial charge is 0.481 e. The zero-order valence-electron chi connectivity index (χ0n) is 11.3. The minimum Gasteiger partial charge on any atom is -0.481 e. The molecule has 0 aliphatic heterocycles. The first-order valence-corrected chi connectivity index (χ1v) is 6.91. The van der Waals surface area contributed by atoms with E-state index < -0.39 is 5.97 Å². The maximum Gasteiger partial charge on any atom is 0.306 e. The molecule has 1 amide bonds. The SMILES string of the molecule is O=C(C=Cc1ccccc1)NC1CCCC(C(=O)O)C1. The molecule has 0 saturated heterocycles. The highest BCUT2D eigenvalue weighted by atomic mass is 16.4. The second-order valence-corrected chi connectivity index (χ2v) is 5.15. The number of hydrogen-bond donors (Lipinski definition) is 2. The highest BCUT2D eigenvalue weighted by Crippen LogP contribution is 2.24. The molecule has 1 aliphatic carbocycles. The Kier molecular flexibility index (Phi) is 4.93. The molecular formula is C16H19NO3. The van der Waals surface area contributed by atoms with Crippen LogP contribution >= 0.6 is 0 Å². The maximum atomic E-state index is 11.8. The molecular weight excluding hydrogens is 254 g/mol. The zero-order chi connectivity index (χ0) is 14.4. The number of nitrogens with one attached hydrogen (secondary N) is 1. The summed E-state index contributed by atoms with van der Waals surface area (Å²) < 4.78 is 0. The van der Waals surface area contributed by atoms with E-state index in [9.17, 15) is 9.59 Å². The molecule has 4 heteroatoms. The Hall–Kier alpha value is -2.10. The van der Waals surface area contributed by atoms with Crippen molar-refractivity contribution in [3.05, 3.63) is 42.0 Å². The molecule has 1 fully saturated rings. The van der Waals surface area contributed by atoms with Gasteiger partial charge in [0.25, 0.3) is 0 Å². The van der Waals surface area contributed by atoms with E-state index in [4.69, 9.17) is 5.11 Å². The van der Waals surface area contributed by atoms with Crippen LogP contribution in [0.15, 0.2) is 36.4 Å². The topological polar surface area (TPSA) is 66.4 Å². The zero-order valence-corrected chi connectivity index (χ0v) is 11.3. The standard InChI is InChI=1S/C16H19NO3/c18-15(10-9-12-5-2-1-3-6-12)17-14-8-4-7-13(11-14)16(19)20/h1-3,5-6,9-10,13-14H,4,7-8,11H2,(H,17,18)(H,19,20). The van der Waals surface area contributed by atoms with Gasteiger partial charge in [-0.1, -0.05) is 36.8 Å². The second-order valence-electron chi connectivity index (χ2n) is 5.15. The molecule has 1 saturated carbocycles. The van der Waals surface area contributed by atoms with Crippen molar-refractivity contribution in [1.29, 1.82) is 0 Å². The summed E-state index contributed by atoms with van der Waals surface area (Å²) in [6.07, 6.45) is 6.20. The van der Waals surface area contributed by atoms with Crippen molar-refractivity contribution >= 4 is 18.0 Å². The van der Waals surface area contributed by atoms with Crippen LogP contribution in [0.1, 0.15) is 31.2 Å². The third-order valence-electron chi connectivity index (χ3n) is 3.60. The van der Waals surface area contributed by atoms with Gasteiger partial charge in [-0.15, -0.1) is 0 Å². The molecule has 2 N–H and O–H groups in total. The molecule has 0 heterocycles. The number of benzene rings is 1. The van der Waals surface area contributed by atoms with Crippen LogP contribution < -0.4 is 5.32 Å².